The minimum Gasteiger partial charge on any atom is -0.456 e. The minimum absolute atomic E-state index is 0.344. The molecule has 4 nitrogen and oxygen atoms in total. The van der Waals surface area contributed by atoms with E-state index in [1.165, 1.54) is 0 Å². The molecule has 17 heavy (non-hydrogen) atoms. The molecule has 0 bridgehead atoms. The van der Waals surface area contributed by atoms with E-state index in [9.17, 15) is 4.79 Å². The number of anilines is 1. The van der Waals surface area contributed by atoms with Crippen LogP contribution in [0.1, 0.15) is 31.1 Å². The quantitative estimate of drug-likeness (QED) is 0.622. The first-order chi connectivity index (χ1) is 7.69. The van der Waals surface area contributed by atoms with Crippen molar-refractivity contribution in [3.63, 3.8) is 0 Å². The summed E-state index contributed by atoms with van der Waals surface area (Å²) in [7, 11) is 3.74. The fraction of sp³-hybridized carbons (Fsp3) is 0.500. The number of hydrogen-bond acceptors (Lipinski definition) is 4. The van der Waals surface area contributed by atoms with Gasteiger partial charge in [-0.05, 0) is 48.8 Å². The Kier molecular flexibility index (Phi) is 4.14. The van der Waals surface area contributed by atoms with Crippen molar-refractivity contribution in [1.29, 1.82) is 0 Å². The summed E-state index contributed by atoms with van der Waals surface area (Å²) in [6, 6.07) is 3.36. The molecular weight excluding hydrogens is 284 g/mol. The number of nitrogens with zero attached hydrogens (tertiary/aromatic N) is 2. The molecule has 0 aliphatic heterocycles. The molecule has 94 valence electrons. The molecule has 0 atom stereocenters. The first kappa shape index (κ1) is 14.0. The van der Waals surface area contributed by atoms with Crippen molar-refractivity contribution < 1.29 is 9.53 Å². The Morgan fingerprint density at radius 3 is 2.41 bits per heavy atom. The lowest BCUT2D eigenvalue weighted by atomic mass is 10.2. The van der Waals surface area contributed by atoms with Crippen LogP contribution in [0.3, 0.4) is 0 Å². The van der Waals surface area contributed by atoms with Crippen LogP contribution in [-0.4, -0.2) is 30.6 Å². The monoisotopic (exact) mass is 300 g/mol. The van der Waals surface area contributed by atoms with Crippen LogP contribution in [0, 0.1) is 0 Å². The number of pyridine rings is 1. The maximum absolute atomic E-state index is 11.9. The van der Waals surface area contributed by atoms with Crippen molar-refractivity contribution in [3.05, 3.63) is 22.3 Å². The molecule has 0 saturated heterocycles. The van der Waals surface area contributed by atoms with E-state index < -0.39 is 5.60 Å². The summed E-state index contributed by atoms with van der Waals surface area (Å²) in [5.74, 6) is 0.365. The first-order valence-corrected chi connectivity index (χ1v) is 6.06. The van der Waals surface area contributed by atoms with Gasteiger partial charge in [-0.1, -0.05) is 0 Å². The Bertz CT molecular complexity index is 425. The Labute approximate surface area is 110 Å². The molecule has 0 aliphatic carbocycles. The van der Waals surface area contributed by atoms with Gasteiger partial charge in [-0.25, -0.2) is 9.78 Å². The van der Waals surface area contributed by atoms with Gasteiger partial charge in [0.2, 0.25) is 0 Å². The lowest BCUT2D eigenvalue weighted by molar-refractivity contribution is 0.00694. The largest absolute Gasteiger partial charge is 0.456 e. The third kappa shape index (κ3) is 4.34. The van der Waals surface area contributed by atoms with Crippen molar-refractivity contribution in [2.24, 2.45) is 0 Å². The highest BCUT2D eigenvalue weighted by Gasteiger charge is 2.19. The lowest BCUT2D eigenvalue weighted by Crippen LogP contribution is -2.24. The molecule has 0 spiro atoms. The molecule has 1 aromatic rings. The molecule has 0 saturated carbocycles. The van der Waals surface area contributed by atoms with Gasteiger partial charge in [-0.15, -0.1) is 0 Å². The molecule has 0 unspecified atom stereocenters. The summed E-state index contributed by atoms with van der Waals surface area (Å²) in [5, 5.41) is 0. The molecule has 0 radical (unpaired) electrons. The Hall–Kier alpha value is -1.10. The van der Waals surface area contributed by atoms with Crippen molar-refractivity contribution in [2.45, 2.75) is 26.4 Å². The van der Waals surface area contributed by atoms with Crippen LogP contribution in [0.15, 0.2) is 16.7 Å². The highest BCUT2D eigenvalue weighted by Crippen LogP contribution is 2.19. The van der Waals surface area contributed by atoms with Crippen LogP contribution < -0.4 is 4.90 Å². The van der Waals surface area contributed by atoms with Gasteiger partial charge in [-0.2, -0.15) is 0 Å². The molecule has 0 aliphatic rings. The van der Waals surface area contributed by atoms with E-state index in [4.69, 9.17) is 4.74 Å². The van der Waals surface area contributed by atoms with E-state index in [2.05, 4.69) is 20.9 Å². The third-order valence-corrected chi connectivity index (χ3v) is 2.28. The number of aromatic nitrogens is 1. The first-order valence-electron chi connectivity index (χ1n) is 5.27. The summed E-state index contributed by atoms with van der Waals surface area (Å²) in [6.07, 6.45) is 0. The highest BCUT2D eigenvalue weighted by atomic mass is 79.9. The van der Waals surface area contributed by atoms with Crippen LogP contribution in [0.25, 0.3) is 0 Å². The van der Waals surface area contributed by atoms with E-state index >= 15 is 0 Å². The second-order valence-corrected chi connectivity index (χ2v) is 5.75. The Morgan fingerprint density at radius 2 is 1.94 bits per heavy atom. The second kappa shape index (κ2) is 5.04. The van der Waals surface area contributed by atoms with E-state index in [1.807, 2.05) is 39.8 Å². The molecule has 1 aromatic heterocycles. The van der Waals surface area contributed by atoms with Crippen LogP contribution in [0.5, 0.6) is 0 Å². The summed E-state index contributed by atoms with van der Waals surface area (Å²) >= 11 is 3.28. The number of carbonyl (C=O) groups excluding carboxylic acids is 1. The number of carbonyl (C=O) groups is 1. The van der Waals surface area contributed by atoms with Gasteiger partial charge in [0.05, 0.1) is 5.56 Å². The number of hydrogen-bond donors (Lipinski definition) is 0. The van der Waals surface area contributed by atoms with E-state index in [0.717, 1.165) is 0 Å². The highest BCUT2D eigenvalue weighted by molar-refractivity contribution is 9.10. The van der Waals surface area contributed by atoms with E-state index in [0.29, 0.717) is 16.0 Å². The van der Waals surface area contributed by atoms with Gasteiger partial charge in [0.1, 0.15) is 16.0 Å². The van der Waals surface area contributed by atoms with Gasteiger partial charge >= 0.3 is 5.97 Å². The van der Waals surface area contributed by atoms with Gasteiger partial charge in [0, 0.05) is 14.1 Å². The van der Waals surface area contributed by atoms with Crippen molar-refractivity contribution >= 4 is 27.7 Å². The number of esters is 1. The van der Waals surface area contributed by atoms with Gasteiger partial charge in [0.25, 0.3) is 0 Å². The molecule has 1 rings (SSSR count). The summed E-state index contributed by atoms with van der Waals surface area (Å²) in [5.41, 5.74) is -0.00373. The van der Waals surface area contributed by atoms with Gasteiger partial charge in [0.15, 0.2) is 0 Å². The normalized spacial score (nSPS) is 11.2. The van der Waals surface area contributed by atoms with Gasteiger partial charge < -0.3 is 9.64 Å². The zero-order valence-electron chi connectivity index (χ0n) is 10.7. The molecule has 0 amide bonds. The zero-order chi connectivity index (χ0) is 13.2. The Balaban J connectivity index is 3.02. The maximum Gasteiger partial charge on any atom is 0.338 e. The van der Waals surface area contributed by atoms with Crippen molar-refractivity contribution in [3.8, 4) is 0 Å². The Morgan fingerprint density at radius 1 is 1.35 bits per heavy atom. The predicted octanol–water partition coefficient (Wildman–Crippen LogP) is 2.87. The zero-order valence-corrected chi connectivity index (χ0v) is 12.3. The second-order valence-electron chi connectivity index (χ2n) is 4.93. The smallest absolute Gasteiger partial charge is 0.338 e. The predicted molar refractivity (Wildman–Crippen MR) is 71.4 cm³/mol. The molecule has 0 N–H and O–H groups in total. The maximum atomic E-state index is 11.9. The molecule has 5 heteroatoms. The van der Waals surface area contributed by atoms with Crippen LogP contribution >= 0.6 is 15.9 Å². The lowest BCUT2D eigenvalue weighted by Gasteiger charge is -2.20. The number of rotatable bonds is 2. The minimum atomic E-state index is -0.495. The van der Waals surface area contributed by atoms with Crippen LogP contribution in [0.2, 0.25) is 0 Å². The number of ether oxygens (including phenoxy) is 1. The SMILES string of the molecule is CN(C)c1cc(C(=O)OC(C)(C)C)cc(Br)n1. The molecule has 0 fully saturated rings. The molecule has 1 heterocycles. The molecular formula is C12H17BrN2O2. The van der Waals surface area contributed by atoms with E-state index in [-0.39, 0.29) is 5.97 Å². The summed E-state index contributed by atoms with van der Waals surface area (Å²) in [4.78, 5) is 18.0. The van der Waals surface area contributed by atoms with Crippen LogP contribution in [0.4, 0.5) is 5.82 Å². The third-order valence-electron chi connectivity index (χ3n) is 1.87. The summed E-state index contributed by atoms with van der Waals surface area (Å²) < 4.78 is 5.92. The average molecular weight is 301 g/mol. The van der Waals surface area contributed by atoms with E-state index in [1.54, 1.807) is 12.1 Å². The van der Waals surface area contributed by atoms with Crippen molar-refractivity contribution in [2.75, 3.05) is 19.0 Å². The average Bonchev–Trinajstić information content (AvgIpc) is 2.13. The van der Waals surface area contributed by atoms with Crippen LogP contribution in [-0.2, 0) is 4.74 Å². The fourth-order valence-corrected chi connectivity index (χ4v) is 1.60. The topological polar surface area (TPSA) is 42.4 Å². The number of halogens is 1. The van der Waals surface area contributed by atoms with Crippen molar-refractivity contribution in [1.82, 2.24) is 4.98 Å². The molecule has 0 aromatic carbocycles. The van der Waals surface area contributed by atoms with Gasteiger partial charge in [-0.3, -0.25) is 0 Å². The summed E-state index contributed by atoms with van der Waals surface area (Å²) in [6.45, 7) is 5.52. The fourth-order valence-electron chi connectivity index (χ4n) is 1.17. The standard InChI is InChI=1S/C12H17BrN2O2/c1-12(2,3)17-11(16)8-6-9(13)14-10(7-8)15(4)5/h6-7H,1-5H3.